The molecule has 0 aliphatic heterocycles. The van der Waals surface area contributed by atoms with Gasteiger partial charge >= 0.3 is 0 Å². The van der Waals surface area contributed by atoms with Crippen LogP contribution in [0.2, 0.25) is 0 Å². The molecule has 5 nitrogen and oxygen atoms in total. The van der Waals surface area contributed by atoms with E-state index >= 15 is 0 Å². The third kappa shape index (κ3) is 15.3. The first kappa shape index (κ1) is 23.8. The summed E-state index contributed by atoms with van der Waals surface area (Å²) in [6.45, 7) is 4.24. The second-order valence-corrected chi connectivity index (χ2v) is 6.55. The van der Waals surface area contributed by atoms with Crippen molar-refractivity contribution in [3.63, 3.8) is 0 Å². The molecule has 3 N–H and O–H groups in total. The molecular weight excluding hydrogens is 306 g/mol. The number of nitrogens with zero attached hydrogens (tertiary/aromatic N) is 1. The lowest BCUT2D eigenvalue weighted by molar-refractivity contribution is -0.0355. The van der Waals surface area contributed by atoms with Gasteiger partial charge in [-0.25, -0.2) is 0 Å². The summed E-state index contributed by atoms with van der Waals surface area (Å²) in [6.07, 6.45) is 13.0. The van der Waals surface area contributed by atoms with Gasteiger partial charge in [-0.2, -0.15) is 0 Å². The van der Waals surface area contributed by atoms with Gasteiger partial charge in [0.25, 0.3) is 0 Å². The van der Waals surface area contributed by atoms with Gasteiger partial charge in [-0.1, -0.05) is 64.7 Å². The van der Waals surface area contributed by atoms with E-state index in [0.717, 1.165) is 13.0 Å². The van der Waals surface area contributed by atoms with E-state index in [0.29, 0.717) is 26.1 Å². The minimum Gasteiger partial charge on any atom is -0.395 e. The maximum Gasteiger partial charge on any atom is 0.109 e. The minimum absolute atomic E-state index is 0.0173. The molecule has 1 unspecified atom stereocenters. The van der Waals surface area contributed by atoms with E-state index in [4.69, 9.17) is 14.9 Å². The largest absolute Gasteiger partial charge is 0.395 e. The number of hydrogen-bond acceptors (Lipinski definition) is 5. The molecule has 0 rings (SSSR count). The van der Waals surface area contributed by atoms with E-state index in [1.54, 1.807) is 4.90 Å². The van der Waals surface area contributed by atoms with Crippen LogP contribution in [-0.2, 0) is 4.74 Å². The van der Waals surface area contributed by atoms with Gasteiger partial charge in [0.05, 0.1) is 19.8 Å². The van der Waals surface area contributed by atoms with Crippen molar-refractivity contribution < 1.29 is 20.1 Å². The molecule has 0 aliphatic carbocycles. The Morgan fingerprint density at radius 3 is 1.75 bits per heavy atom. The molecule has 5 heteroatoms. The molecule has 0 fully saturated rings. The first-order chi connectivity index (χ1) is 11.8. The van der Waals surface area contributed by atoms with Crippen molar-refractivity contribution in [3.8, 4) is 0 Å². The summed E-state index contributed by atoms with van der Waals surface area (Å²) >= 11 is 0. The molecule has 0 saturated heterocycles. The lowest BCUT2D eigenvalue weighted by atomic mass is 10.1. The Morgan fingerprint density at radius 1 is 0.750 bits per heavy atom. The van der Waals surface area contributed by atoms with E-state index in [1.165, 1.54) is 57.8 Å². The Hall–Kier alpha value is -0.200. The summed E-state index contributed by atoms with van der Waals surface area (Å²) in [5, 5.41) is 27.8. The minimum atomic E-state index is -0.656. The zero-order valence-electron chi connectivity index (χ0n) is 15.8. The van der Waals surface area contributed by atoms with Crippen molar-refractivity contribution >= 4 is 0 Å². The molecule has 146 valence electrons. The van der Waals surface area contributed by atoms with Crippen LogP contribution in [-0.4, -0.2) is 66.0 Å². The van der Waals surface area contributed by atoms with Crippen LogP contribution in [0.1, 0.15) is 77.6 Å². The second kappa shape index (κ2) is 19.1. The van der Waals surface area contributed by atoms with E-state index in [2.05, 4.69) is 6.92 Å². The van der Waals surface area contributed by atoms with Gasteiger partial charge in [0.1, 0.15) is 6.23 Å². The predicted molar refractivity (Wildman–Crippen MR) is 99.0 cm³/mol. The highest BCUT2D eigenvalue weighted by atomic mass is 16.5. The highest BCUT2D eigenvalue weighted by Crippen LogP contribution is 2.10. The zero-order valence-corrected chi connectivity index (χ0v) is 15.8. The van der Waals surface area contributed by atoms with Crippen LogP contribution >= 0.6 is 0 Å². The molecule has 1 atom stereocenters. The van der Waals surface area contributed by atoms with Gasteiger partial charge in [0, 0.05) is 26.1 Å². The fourth-order valence-electron chi connectivity index (χ4n) is 2.83. The van der Waals surface area contributed by atoms with Crippen molar-refractivity contribution in [3.05, 3.63) is 0 Å². The van der Waals surface area contributed by atoms with E-state index in [9.17, 15) is 5.11 Å². The third-order valence-electron chi connectivity index (χ3n) is 4.36. The fourth-order valence-corrected chi connectivity index (χ4v) is 2.83. The fraction of sp³-hybridized carbons (Fsp3) is 1.00. The summed E-state index contributed by atoms with van der Waals surface area (Å²) in [6, 6.07) is 0. The number of aliphatic hydroxyl groups is 3. The number of hydrogen-bond donors (Lipinski definition) is 3. The molecule has 0 aliphatic rings. The van der Waals surface area contributed by atoms with Gasteiger partial charge in [0.2, 0.25) is 0 Å². The van der Waals surface area contributed by atoms with Crippen molar-refractivity contribution in [2.45, 2.75) is 83.8 Å². The predicted octanol–water partition coefficient (Wildman–Crippen LogP) is 2.92. The molecule has 24 heavy (non-hydrogen) atoms. The topological polar surface area (TPSA) is 73.2 Å². The maximum atomic E-state index is 9.97. The quantitative estimate of drug-likeness (QED) is 0.247. The number of unbranched alkanes of at least 4 members (excludes halogenated alkanes) is 9. The average molecular weight is 348 g/mol. The van der Waals surface area contributed by atoms with Crippen LogP contribution in [0.4, 0.5) is 0 Å². The van der Waals surface area contributed by atoms with Gasteiger partial charge in [-0.15, -0.1) is 0 Å². The van der Waals surface area contributed by atoms with E-state index in [-0.39, 0.29) is 13.2 Å². The summed E-state index contributed by atoms with van der Waals surface area (Å²) in [5.41, 5.74) is 0. The average Bonchev–Trinajstić information content (AvgIpc) is 2.58. The van der Waals surface area contributed by atoms with Crippen molar-refractivity contribution in [1.82, 2.24) is 4.90 Å². The van der Waals surface area contributed by atoms with E-state index < -0.39 is 6.23 Å². The Morgan fingerprint density at radius 2 is 1.25 bits per heavy atom. The summed E-state index contributed by atoms with van der Waals surface area (Å²) in [5.74, 6) is 0. The van der Waals surface area contributed by atoms with Crippen molar-refractivity contribution in [2.75, 3.05) is 39.5 Å². The van der Waals surface area contributed by atoms with Crippen LogP contribution in [0.5, 0.6) is 0 Å². The van der Waals surface area contributed by atoms with Crippen LogP contribution in [0, 0.1) is 0 Å². The number of rotatable bonds is 19. The monoisotopic (exact) mass is 347 g/mol. The highest BCUT2D eigenvalue weighted by molar-refractivity contribution is 4.61. The molecular formula is C19H41NO4. The summed E-state index contributed by atoms with van der Waals surface area (Å²) < 4.78 is 5.57. The van der Waals surface area contributed by atoms with Crippen LogP contribution < -0.4 is 0 Å². The van der Waals surface area contributed by atoms with Crippen molar-refractivity contribution in [2.24, 2.45) is 0 Å². The summed E-state index contributed by atoms with van der Waals surface area (Å²) in [4.78, 5) is 1.67. The lowest BCUT2D eigenvalue weighted by Crippen LogP contribution is -2.40. The third-order valence-corrected chi connectivity index (χ3v) is 4.36. The molecule has 0 heterocycles. The van der Waals surface area contributed by atoms with Gasteiger partial charge in [-0.05, 0) is 6.42 Å². The Kier molecular flexibility index (Phi) is 19.0. The highest BCUT2D eigenvalue weighted by Gasteiger charge is 2.13. The standard InChI is InChI=1S/C19H41NO4/c1-2-3-4-5-6-7-8-9-10-11-17-24-18-12-19(23)20(13-15-21)14-16-22/h19,21-23H,2-18H2,1H3. The molecule has 0 amide bonds. The zero-order chi connectivity index (χ0) is 17.9. The molecule has 0 radical (unpaired) electrons. The molecule has 0 bridgehead atoms. The second-order valence-electron chi connectivity index (χ2n) is 6.55. The molecule has 0 aromatic heterocycles. The van der Waals surface area contributed by atoms with Crippen LogP contribution in [0.25, 0.3) is 0 Å². The van der Waals surface area contributed by atoms with Crippen LogP contribution in [0.3, 0.4) is 0 Å². The first-order valence-electron chi connectivity index (χ1n) is 9.97. The van der Waals surface area contributed by atoms with Gasteiger partial charge in [-0.3, -0.25) is 4.90 Å². The van der Waals surface area contributed by atoms with E-state index in [1.807, 2.05) is 0 Å². The Balaban J connectivity index is 3.32. The number of aliphatic hydroxyl groups excluding tert-OH is 3. The Bertz CT molecular complexity index is 235. The number of ether oxygens (including phenoxy) is 1. The van der Waals surface area contributed by atoms with Gasteiger partial charge in [0.15, 0.2) is 0 Å². The summed E-state index contributed by atoms with van der Waals surface area (Å²) in [7, 11) is 0. The van der Waals surface area contributed by atoms with Gasteiger partial charge < -0.3 is 20.1 Å². The van der Waals surface area contributed by atoms with Crippen molar-refractivity contribution in [1.29, 1.82) is 0 Å². The molecule has 0 aromatic carbocycles. The normalized spacial score (nSPS) is 12.9. The molecule has 0 spiro atoms. The van der Waals surface area contributed by atoms with Crippen LogP contribution in [0.15, 0.2) is 0 Å². The first-order valence-corrected chi connectivity index (χ1v) is 9.97. The SMILES string of the molecule is CCCCCCCCCCCCOCCC(O)N(CCO)CCO. The molecule has 0 saturated carbocycles. The smallest absolute Gasteiger partial charge is 0.109 e. The maximum absolute atomic E-state index is 9.97. The molecule has 0 aromatic rings. The Labute approximate surface area is 149 Å². The lowest BCUT2D eigenvalue weighted by Gasteiger charge is -2.26.